The molecule has 0 unspecified atom stereocenters. The summed E-state index contributed by atoms with van der Waals surface area (Å²) in [6.45, 7) is 1.84. The number of rotatable bonds is 5. The molecule has 1 amide bonds. The Labute approximate surface area is 114 Å². The van der Waals surface area contributed by atoms with E-state index in [1.807, 2.05) is 20.0 Å². The van der Waals surface area contributed by atoms with Gasteiger partial charge in [0.05, 0.1) is 12.0 Å². The number of amides is 1. The summed E-state index contributed by atoms with van der Waals surface area (Å²) in [4.78, 5) is 11.5. The van der Waals surface area contributed by atoms with Crippen LogP contribution >= 0.6 is 11.8 Å². The molecular formula is C11H13N5O2S. The minimum absolute atomic E-state index is 0.215. The molecule has 2 aromatic heterocycles. The quantitative estimate of drug-likeness (QED) is 0.500. The lowest BCUT2D eigenvalue weighted by atomic mass is 10.4. The van der Waals surface area contributed by atoms with Crippen molar-refractivity contribution in [3.05, 3.63) is 30.0 Å². The second kappa shape index (κ2) is 6.19. The molecule has 0 atom stereocenters. The third kappa shape index (κ3) is 3.95. The highest BCUT2D eigenvalue weighted by atomic mass is 32.2. The molecule has 0 fully saturated rings. The molecule has 2 heterocycles. The number of aryl methyl sites for hydroxylation is 2. The summed E-state index contributed by atoms with van der Waals surface area (Å²) >= 11 is 1.29. The van der Waals surface area contributed by atoms with Crippen LogP contribution in [0.25, 0.3) is 0 Å². The number of carbonyl (C=O) groups is 1. The van der Waals surface area contributed by atoms with Crippen LogP contribution < -0.4 is 5.43 Å². The first-order valence-electron chi connectivity index (χ1n) is 5.50. The van der Waals surface area contributed by atoms with Crippen LogP contribution in [0.4, 0.5) is 0 Å². The van der Waals surface area contributed by atoms with Crippen molar-refractivity contribution in [3.63, 3.8) is 0 Å². The minimum Gasteiger partial charge on any atom is -0.460 e. The summed E-state index contributed by atoms with van der Waals surface area (Å²) in [6, 6.07) is 3.60. The standard InChI is InChI=1S/C11H13N5O2S/c1-8-3-4-9(18-8)5-12-14-10(17)6-19-11-15-13-7-16(11)2/h3-5,7H,6H2,1-2H3,(H,14,17). The van der Waals surface area contributed by atoms with Gasteiger partial charge in [0.2, 0.25) is 0 Å². The van der Waals surface area contributed by atoms with Crippen LogP contribution in [0.1, 0.15) is 11.5 Å². The third-order valence-corrected chi connectivity index (χ3v) is 3.18. The van der Waals surface area contributed by atoms with Gasteiger partial charge in [0, 0.05) is 7.05 Å². The highest BCUT2D eigenvalue weighted by Gasteiger charge is 2.05. The Kier molecular flexibility index (Phi) is 4.35. The van der Waals surface area contributed by atoms with Gasteiger partial charge < -0.3 is 8.98 Å². The Morgan fingerprint density at radius 3 is 3.11 bits per heavy atom. The zero-order valence-corrected chi connectivity index (χ0v) is 11.3. The molecule has 100 valence electrons. The molecular weight excluding hydrogens is 266 g/mol. The van der Waals surface area contributed by atoms with Gasteiger partial charge in [-0.05, 0) is 19.1 Å². The lowest BCUT2D eigenvalue weighted by Gasteiger charge is -1.99. The Balaban J connectivity index is 1.76. The van der Waals surface area contributed by atoms with E-state index in [0.717, 1.165) is 5.76 Å². The maximum atomic E-state index is 11.5. The van der Waals surface area contributed by atoms with Gasteiger partial charge >= 0.3 is 0 Å². The normalized spacial score (nSPS) is 11.1. The van der Waals surface area contributed by atoms with Crippen molar-refractivity contribution < 1.29 is 9.21 Å². The Morgan fingerprint density at radius 1 is 1.63 bits per heavy atom. The number of hydrogen-bond donors (Lipinski definition) is 1. The number of furan rings is 1. The highest BCUT2D eigenvalue weighted by molar-refractivity contribution is 7.99. The maximum absolute atomic E-state index is 11.5. The number of thioether (sulfide) groups is 1. The van der Waals surface area contributed by atoms with Crippen LogP contribution in [0.3, 0.4) is 0 Å². The first-order valence-corrected chi connectivity index (χ1v) is 6.49. The summed E-state index contributed by atoms with van der Waals surface area (Å²) in [5.41, 5.74) is 2.41. The Bertz CT molecular complexity index is 589. The number of carbonyl (C=O) groups excluding carboxylic acids is 1. The average molecular weight is 279 g/mol. The van der Waals surface area contributed by atoms with Crippen LogP contribution in [0.2, 0.25) is 0 Å². The number of hydrazone groups is 1. The van der Waals surface area contributed by atoms with Gasteiger partial charge in [-0.2, -0.15) is 5.10 Å². The van der Waals surface area contributed by atoms with Crippen LogP contribution in [0.5, 0.6) is 0 Å². The summed E-state index contributed by atoms with van der Waals surface area (Å²) in [5.74, 6) is 1.40. The number of hydrogen-bond acceptors (Lipinski definition) is 6. The average Bonchev–Trinajstić information content (AvgIpc) is 2.96. The molecule has 8 heteroatoms. The second-order valence-electron chi connectivity index (χ2n) is 3.75. The SMILES string of the molecule is Cc1ccc(C=NNC(=O)CSc2nncn2C)o1. The molecule has 2 rings (SSSR count). The molecule has 0 saturated carbocycles. The predicted octanol–water partition coefficient (Wildman–Crippen LogP) is 0.959. The lowest BCUT2D eigenvalue weighted by Crippen LogP contribution is -2.19. The maximum Gasteiger partial charge on any atom is 0.250 e. The highest BCUT2D eigenvalue weighted by Crippen LogP contribution is 2.12. The van der Waals surface area contributed by atoms with Crippen molar-refractivity contribution in [1.82, 2.24) is 20.2 Å². The van der Waals surface area contributed by atoms with E-state index in [9.17, 15) is 4.79 Å². The van der Waals surface area contributed by atoms with Crippen molar-refractivity contribution in [1.29, 1.82) is 0 Å². The smallest absolute Gasteiger partial charge is 0.250 e. The monoisotopic (exact) mass is 279 g/mol. The fraction of sp³-hybridized carbons (Fsp3) is 0.273. The Hall–Kier alpha value is -2.09. The van der Waals surface area contributed by atoms with Crippen molar-refractivity contribution in [2.24, 2.45) is 12.1 Å². The van der Waals surface area contributed by atoms with Gasteiger partial charge in [-0.3, -0.25) is 4.79 Å². The zero-order valence-electron chi connectivity index (χ0n) is 10.5. The molecule has 7 nitrogen and oxygen atoms in total. The van der Waals surface area contributed by atoms with E-state index in [1.54, 1.807) is 17.0 Å². The van der Waals surface area contributed by atoms with Crippen molar-refractivity contribution in [2.45, 2.75) is 12.1 Å². The van der Waals surface area contributed by atoms with E-state index in [2.05, 4.69) is 20.7 Å². The summed E-state index contributed by atoms with van der Waals surface area (Å²) in [5, 5.41) is 12.1. The van der Waals surface area contributed by atoms with Gasteiger partial charge in [0.25, 0.3) is 5.91 Å². The van der Waals surface area contributed by atoms with Gasteiger partial charge in [0.1, 0.15) is 17.8 Å². The van der Waals surface area contributed by atoms with Crippen molar-refractivity contribution >= 4 is 23.9 Å². The largest absolute Gasteiger partial charge is 0.460 e. The van der Waals surface area contributed by atoms with E-state index in [0.29, 0.717) is 10.9 Å². The predicted molar refractivity (Wildman–Crippen MR) is 70.9 cm³/mol. The van der Waals surface area contributed by atoms with E-state index >= 15 is 0 Å². The molecule has 0 aliphatic heterocycles. The summed E-state index contributed by atoms with van der Waals surface area (Å²) < 4.78 is 7.02. The lowest BCUT2D eigenvalue weighted by molar-refractivity contribution is -0.118. The van der Waals surface area contributed by atoms with E-state index < -0.39 is 0 Å². The van der Waals surface area contributed by atoms with E-state index in [4.69, 9.17) is 4.42 Å². The third-order valence-electron chi connectivity index (χ3n) is 2.14. The Morgan fingerprint density at radius 2 is 2.47 bits per heavy atom. The number of nitrogens with one attached hydrogen (secondary N) is 1. The summed E-state index contributed by atoms with van der Waals surface area (Å²) in [6.07, 6.45) is 3.04. The van der Waals surface area contributed by atoms with Gasteiger partial charge in [0.15, 0.2) is 5.16 Å². The number of nitrogens with zero attached hydrogens (tertiary/aromatic N) is 4. The first kappa shape index (κ1) is 13.3. The first-order chi connectivity index (χ1) is 9.15. The zero-order chi connectivity index (χ0) is 13.7. The van der Waals surface area contributed by atoms with Gasteiger partial charge in [-0.15, -0.1) is 10.2 Å². The van der Waals surface area contributed by atoms with Gasteiger partial charge in [-0.25, -0.2) is 5.43 Å². The molecule has 1 N–H and O–H groups in total. The molecule has 0 aliphatic carbocycles. The van der Waals surface area contributed by atoms with Crippen molar-refractivity contribution in [2.75, 3.05) is 5.75 Å². The fourth-order valence-corrected chi connectivity index (χ4v) is 1.94. The van der Waals surface area contributed by atoms with Crippen LogP contribution in [-0.2, 0) is 11.8 Å². The molecule has 0 radical (unpaired) electrons. The summed E-state index contributed by atoms with van der Waals surface area (Å²) in [7, 11) is 1.82. The molecule has 0 bridgehead atoms. The van der Waals surface area contributed by atoms with Crippen molar-refractivity contribution in [3.8, 4) is 0 Å². The van der Waals surface area contributed by atoms with Gasteiger partial charge in [-0.1, -0.05) is 11.8 Å². The molecule has 0 spiro atoms. The molecule has 0 aliphatic rings. The van der Waals surface area contributed by atoms with Crippen LogP contribution in [0.15, 0.2) is 33.1 Å². The fourth-order valence-electron chi connectivity index (χ4n) is 1.26. The topological polar surface area (TPSA) is 85.3 Å². The van der Waals surface area contributed by atoms with E-state index in [1.165, 1.54) is 18.0 Å². The molecule has 19 heavy (non-hydrogen) atoms. The van der Waals surface area contributed by atoms with Crippen LogP contribution in [0, 0.1) is 6.92 Å². The minimum atomic E-state index is -0.215. The van der Waals surface area contributed by atoms with Crippen LogP contribution in [-0.4, -0.2) is 32.6 Å². The molecule has 0 saturated heterocycles. The van der Waals surface area contributed by atoms with E-state index in [-0.39, 0.29) is 11.7 Å². The molecule has 2 aromatic rings. The molecule has 0 aromatic carbocycles. The number of aromatic nitrogens is 3. The second-order valence-corrected chi connectivity index (χ2v) is 4.70.